The summed E-state index contributed by atoms with van der Waals surface area (Å²) in [5, 5.41) is 0.697. The number of hydrogen-bond acceptors (Lipinski definition) is 6. The lowest BCUT2D eigenvalue weighted by Gasteiger charge is -2.26. The van der Waals surface area contributed by atoms with Crippen LogP contribution in [0.4, 0.5) is 0 Å². The first-order chi connectivity index (χ1) is 15.0. The van der Waals surface area contributed by atoms with E-state index in [1.807, 2.05) is 19.1 Å². The number of hydrogen-bond donors (Lipinski definition) is 0. The normalized spacial score (nSPS) is 13.4. The van der Waals surface area contributed by atoms with Crippen LogP contribution in [-0.2, 0) is 33.8 Å². The Hall–Kier alpha value is -3.74. The average Bonchev–Trinajstić information content (AvgIpc) is 2.76. The summed E-state index contributed by atoms with van der Waals surface area (Å²) >= 11 is 0. The number of carbonyl (C=O) groups excluding carboxylic acids is 3. The zero-order valence-corrected chi connectivity index (χ0v) is 17.1. The summed E-state index contributed by atoms with van der Waals surface area (Å²) in [5.74, 6) is -1.31. The first kappa shape index (κ1) is 20.5. The van der Waals surface area contributed by atoms with Gasteiger partial charge in [0.05, 0.1) is 12.8 Å². The number of rotatable bonds is 6. The fraction of sp³-hybridized carbons (Fsp3) is 0.250. The van der Waals surface area contributed by atoms with Gasteiger partial charge in [0.15, 0.2) is 0 Å². The highest BCUT2D eigenvalue weighted by atomic mass is 16.5. The van der Waals surface area contributed by atoms with Crippen molar-refractivity contribution in [3.8, 4) is 0 Å². The molecule has 2 aromatic carbocycles. The summed E-state index contributed by atoms with van der Waals surface area (Å²) in [4.78, 5) is 50.1. The van der Waals surface area contributed by atoms with Crippen molar-refractivity contribution in [2.24, 2.45) is 0 Å². The van der Waals surface area contributed by atoms with Gasteiger partial charge in [-0.2, -0.15) is 0 Å². The molecule has 3 aromatic rings. The van der Waals surface area contributed by atoms with Crippen LogP contribution in [0.25, 0.3) is 11.0 Å². The van der Waals surface area contributed by atoms with Crippen LogP contribution in [0.2, 0.25) is 0 Å². The van der Waals surface area contributed by atoms with E-state index < -0.39 is 17.5 Å². The molecule has 1 aromatic heterocycles. The molecule has 0 radical (unpaired) electrons. The van der Waals surface area contributed by atoms with Crippen molar-refractivity contribution in [2.45, 2.75) is 32.8 Å². The Balaban J connectivity index is 1.41. The van der Waals surface area contributed by atoms with E-state index >= 15 is 0 Å². The number of ether oxygens (including phenoxy) is 1. The summed E-state index contributed by atoms with van der Waals surface area (Å²) < 4.78 is 10.6. The second-order valence-corrected chi connectivity index (χ2v) is 7.37. The van der Waals surface area contributed by atoms with Gasteiger partial charge in [-0.1, -0.05) is 37.3 Å². The first-order valence-corrected chi connectivity index (χ1v) is 10.1. The van der Waals surface area contributed by atoms with Gasteiger partial charge in [-0.25, -0.2) is 4.79 Å². The maximum absolute atomic E-state index is 12.6. The molecule has 0 N–H and O–H groups in total. The van der Waals surface area contributed by atoms with E-state index in [1.165, 1.54) is 6.07 Å². The second-order valence-electron chi connectivity index (χ2n) is 7.37. The van der Waals surface area contributed by atoms with Crippen LogP contribution in [0.15, 0.2) is 57.7 Å². The average molecular weight is 419 g/mol. The van der Waals surface area contributed by atoms with E-state index in [1.54, 1.807) is 30.3 Å². The predicted molar refractivity (Wildman–Crippen MR) is 112 cm³/mol. The summed E-state index contributed by atoms with van der Waals surface area (Å²) in [6, 6.07) is 13.8. The number of esters is 1. The van der Waals surface area contributed by atoms with Gasteiger partial charge in [0.1, 0.15) is 12.2 Å². The number of aryl methyl sites for hydroxylation is 1. The molecule has 1 aliphatic rings. The number of nitrogens with zero attached hydrogens (tertiary/aromatic N) is 1. The van der Waals surface area contributed by atoms with Gasteiger partial charge in [0.2, 0.25) is 5.91 Å². The van der Waals surface area contributed by atoms with Crippen LogP contribution in [0.1, 0.15) is 40.4 Å². The van der Waals surface area contributed by atoms with Gasteiger partial charge in [-0.05, 0) is 29.7 Å². The van der Waals surface area contributed by atoms with Crippen LogP contribution in [0, 0.1) is 0 Å². The maximum atomic E-state index is 12.6. The molecule has 0 fully saturated rings. The molecule has 0 aliphatic carbocycles. The molecular weight excluding hydrogens is 398 g/mol. The van der Waals surface area contributed by atoms with E-state index in [0.717, 1.165) is 16.9 Å². The molecule has 2 heterocycles. The smallest absolute Gasteiger partial charge is 0.336 e. The molecule has 0 saturated carbocycles. The lowest BCUT2D eigenvalue weighted by Crippen LogP contribution is -2.43. The fourth-order valence-corrected chi connectivity index (χ4v) is 3.67. The van der Waals surface area contributed by atoms with Crippen molar-refractivity contribution < 1.29 is 23.5 Å². The van der Waals surface area contributed by atoms with Crippen LogP contribution >= 0.6 is 0 Å². The molecule has 1 aliphatic heterocycles. The van der Waals surface area contributed by atoms with Crippen LogP contribution in [0.3, 0.4) is 0 Å². The highest BCUT2D eigenvalue weighted by Crippen LogP contribution is 2.21. The molecule has 158 valence electrons. The third-order valence-electron chi connectivity index (χ3n) is 5.37. The molecule has 0 spiro atoms. The van der Waals surface area contributed by atoms with Crippen molar-refractivity contribution in [3.63, 3.8) is 0 Å². The third kappa shape index (κ3) is 4.26. The zero-order valence-electron chi connectivity index (χ0n) is 17.1. The quantitative estimate of drug-likeness (QED) is 0.346. The molecular formula is C24H21NO6. The minimum absolute atomic E-state index is 0.0532. The Bertz CT molecular complexity index is 1240. The minimum atomic E-state index is -0.564. The van der Waals surface area contributed by atoms with Gasteiger partial charge >= 0.3 is 11.6 Å². The largest absolute Gasteiger partial charge is 0.461 e. The van der Waals surface area contributed by atoms with Crippen LogP contribution in [-0.4, -0.2) is 29.2 Å². The summed E-state index contributed by atoms with van der Waals surface area (Å²) in [5.41, 5.74) is 2.67. The molecule has 7 nitrogen and oxygen atoms in total. The van der Waals surface area contributed by atoms with Crippen molar-refractivity contribution >= 4 is 28.8 Å². The van der Waals surface area contributed by atoms with Gasteiger partial charge in [0, 0.05) is 29.1 Å². The summed E-state index contributed by atoms with van der Waals surface area (Å²) in [6.07, 6.45) is 0.804. The minimum Gasteiger partial charge on any atom is -0.461 e. The molecule has 0 unspecified atom stereocenters. The molecule has 7 heteroatoms. The number of amides is 2. The lowest BCUT2D eigenvalue weighted by atomic mass is 9.98. The van der Waals surface area contributed by atoms with Crippen molar-refractivity contribution in [1.29, 1.82) is 0 Å². The molecule has 0 saturated heterocycles. The van der Waals surface area contributed by atoms with Gasteiger partial charge in [-0.3, -0.25) is 19.3 Å². The van der Waals surface area contributed by atoms with Crippen molar-refractivity contribution in [1.82, 2.24) is 4.90 Å². The Morgan fingerprint density at radius 3 is 2.71 bits per heavy atom. The highest BCUT2D eigenvalue weighted by Gasteiger charge is 2.30. The van der Waals surface area contributed by atoms with Gasteiger partial charge in [-0.15, -0.1) is 0 Å². The Kier molecular flexibility index (Phi) is 5.66. The molecule has 4 rings (SSSR count). The predicted octanol–water partition coefficient (Wildman–Crippen LogP) is 3.01. The topological polar surface area (TPSA) is 93.9 Å². The number of imide groups is 1. The Morgan fingerprint density at radius 1 is 1.10 bits per heavy atom. The summed E-state index contributed by atoms with van der Waals surface area (Å²) in [7, 11) is 0. The van der Waals surface area contributed by atoms with Gasteiger partial charge in [0.25, 0.3) is 5.91 Å². The second kappa shape index (κ2) is 8.55. The monoisotopic (exact) mass is 419 g/mol. The Labute approximate surface area is 178 Å². The highest BCUT2D eigenvalue weighted by molar-refractivity contribution is 6.09. The van der Waals surface area contributed by atoms with Crippen LogP contribution in [0.5, 0.6) is 0 Å². The van der Waals surface area contributed by atoms with E-state index in [-0.39, 0.29) is 31.9 Å². The van der Waals surface area contributed by atoms with Crippen molar-refractivity contribution in [2.75, 3.05) is 6.54 Å². The van der Waals surface area contributed by atoms with E-state index in [2.05, 4.69) is 0 Å². The van der Waals surface area contributed by atoms with E-state index in [9.17, 15) is 19.2 Å². The number of fused-ring (bicyclic) bond motifs is 2. The number of carbonyl (C=O) groups is 3. The fourth-order valence-electron chi connectivity index (χ4n) is 3.67. The van der Waals surface area contributed by atoms with E-state index in [0.29, 0.717) is 27.7 Å². The third-order valence-corrected chi connectivity index (χ3v) is 5.37. The SMILES string of the molecule is CCc1ccc2c(COC(=O)CCN3C(=O)Cc4ccccc4C3=O)cc(=O)oc2c1. The molecule has 31 heavy (non-hydrogen) atoms. The Morgan fingerprint density at radius 2 is 1.90 bits per heavy atom. The standard InChI is InChI=1S/C24H21NO6/c1-2-15-7-8-18-17(13-23(28)31-20(18)11-15)14-30-22(27)9-10-25-21(26)12-16-5-3-4-6-19(16)24(25)29/h3-8,11,13H,2,9-10,12,14H2,1H3. The molecule has 0 bridgehead atoms. The summed E-state index contributed by atoms with van der Waals surface area (Å²) in [6.45, 7) is 1.85. The van der Waals surface area contributed by atoms with Crippen molar-refractivity contribution in [3.05, 3.63) is 81.2 Å². The number of benzene rings is 2. The maximum Gasteiger partial charge on any atom is 0.336 e. The molecule has 2 amide bonds. The zero-order chi connectivity index (χ0) is 22.0. The first-order valence-electron chi connectivity index (χ1n) is 10.1. The van der Waals surface area contributed by atoms with Gasteiger partial charge < -0.3 is 9.15 Å². The van der Waals surface area contributed by atoms with E-state index in [4.69, 9.17) is 9.15 Å². The molecule has 0 atom stereocenters. The van der Waals surface area contributed by atoms with Crippen LogP contribution < -0.4 is 5.63 Å². The lowest BCUT2D eigenvalue weighted by molar-refractivity contribution is -0.145.